The lowest BCUT2D eigenvalue weighted by molar-refractivity contribution is -0.0920. The smallest absolute Gasteiger partial charge is 0.201 e. The van der Waals surface area contributed by atoms with Gasteiger partial charge in [0, 0.05) is 5.92 Å². The van der Waals surface area contributed by atoms with Crippen molar-refractivity contribution in [3.8, 4) is 0 Å². The molecule has 1 saturated carbocycles. The second kappa shape index (κ2) is 3.30. The van der Waals surface area contributed by atoms with E-state index in [1.165, 1.54) is 0 Å². The van der Waals surface area contributed by atoms with Crippen molar-refractivity contribution < 1.29 is 20.1 Å². The lowest BCUT2D eigenvalue weighted by Gasteiger charge is -2.30. The van der Waals surface area contributed by atoms with Gasteiger partial charge in [-0.3, -0.25) is 4.79 Å². The maximum atomic E-state index is 10.1. The quantitative estimate of drug-likeness (QED) is 0.439. The summed E-state index contributed by atoms with van der Waals surface area (Å²) in [5, 5.41) is 27.2. The van der Waals surface area contributed by atoms with Crippen molar-refractivity contribution in [1.82, 2.24) is 0 Å². The minimum absolute atomic E-state index is 0.196. The molecule has 1 aliphatic rings. The first kappa shape index (κ1) is 8.64. The summed E-state index contributed by atoms with van der Waals surface area (Å²) in [6.07, 6.45) is -1.01. The van der Waals surface area contributed by atoms with E-state index in [2.05, 4.69) is 0 Å². The number of hydrogen-bond acceptors (Lipinski definition) is 4. The van der Waals surface area contributed by atoms with Crippen molar-refractivity contribution in [2.45, 2.75) is 31.2 Å². The number of carbonyl (C=O) groups excluding carboxylic acids is 1. The van der Waals surface area contributed by atoms with Gasteiger partial charge in [0.2, 0.25) is 6.29 Å². The van der Waals surface area contributed by atoms with Crippen LogP contribution in [0.15, 0.2) is 0 Å². The highest BCUT2D eigenvalue weighted by Crippen LogP contribution is 2.23. The Labute approximate surface area is 64.5 Å². The van der Waals surface area contributed by atoms with E-state index >= 15 is 0 Å². The first-order valence-electron chi connectivity index (χ1n) is 3.57. The molecule has 0 aliphatic heterocycles. The van der Waals surface area contributed by atoms with E-state index in [0.29, 0.717) is 0 Å². The molecule has 0 aromatic rings. The van der Waals surface area contributed by atoms with E-state index in [4.69, 9.17) is 15.3 Å². The summed E-state index contributed by atoms with van der Waals surface area (Å²) >= 11 is 0. The third kappa shape index (κ3) is 1.77. The van der Waals surface area contributed by atoms with Crippen LogP contribution in [0, 0.1) is 5.92 Å². The SMILES string of the molecule is O=[C]C1CC(O)C(O)C(O)C1. The predicted octanol–water partition coefficient (Wildman–Crippen LogP) is -1.41. The van der Waals surface area contributed by atoms with E-state index in [1.807, 2.05) is 0 Å². The van der Waals surface area contributed by atoms with Crippen LogP contribution in [-0.2, 0) is 4.79 Å². The van der Waals surface area contributed by atoms with Crippen LogP contribution in [0.25, 0.3) is 0 Å². The zero-order valence-corrected chi connectivity index (χ0v) is 5.97. The molecule has 1 radical (unpaired) electrons. The zero-order valence-electron chi connectivity index (χ0n) is 5.97. The zero-order chi connectivity index (χ0) is 8.43. The molecule has 0 bridgehead atoms. The topological polar surface area (TPSA) is 77.8 Å². The maximum absolute atomic E-state index is 10.1. The lowest BCUT2D eigenvalue weighted by Crippen LogP contribution is -2.44. The van der Waals surface area contributed by atoms with Gasteiger partial charge < -0.3 is 15.3 Å². The largest absolute Gasteiger partial charge is 0.390 e. The molecule has 0 amide bonds. The summed E-state index contributed by atoms with van der Waals surface area (Å²) in [4.78, 5) is 10.1. The van der Waals surface area contributed by atoms with Gasteiger partial charge in [-0.2, -0.15) is 0 Å². The molecule has 4 heteroatoms. The highest BCUT2D eigenvalue weighted by Gasteiger charge is 2.34. The molecule has 63 valence electrons. The Morgan fingerprint density at radius 2 is 1.55 bits per heavy atom. The second-order valence-electron chi connectivity index (χ2n) is 2.91. The number of rotatable bonds is 1. The monoisotopic (exact) mass is 159 g/mol. The Bertz CT molecular complexity index is 135. The van der Waals surface area contributed by atoms with Gasteiger partial charge in [0.1, 0.15) is 6.10 Å². The normalized spacial score (nSPS) is 45.4. The van der Waals surface area contributed by atoms with Gasteiger partial charge in [-0.25, -0.2) is 0 Å². The van der Waals surface area contributed by atoms with Gasteiger partial charge in [-0.1, -0.05) is 0 Å². The molecule has 4 nitrogen and oxygen atoms in total. The average Bonchev–Trinajstić information content (AvgIpc) is 1.99. The van der Waals surface area contributed by atoms with E-state index in [0.717, 1.165) is 0 Å². The Hall–Kier alpha value is -0.450. The molecule has 11 heavy (non-hydrogen) atoms. The fourth-order valence-corrected chi connectivity index (χ4v) is 1.31. The molecule has 3 N–H and O–H groups in total. The van der Waals surface area contributed by atoms with Crippen LogP contribution in [0.5, 0.6) is 0 Å². The summed E-state index contributed by atoms with van der Waals surface area (Å²) in [6.45, 7) is 0. The van der Waals surface area contributed by atoms with Crippen molar-refractivity contribution in [3.63, 3.8) is 0 Å². The molecule has 1 fully saturated rings. The molecular weight excluding hydrogens is 148 g/mol. The molecule has 1 rings (SSSR count). The first-order valence-corrected chi connectivity index (χ1v) is 3.57. The van der Waals surface area contributed by atoms with Gasteiger partial charge in [0.05, 0.1) is 12.2 Å². The lowest BCUT2D eigenvalue weighted by atomic mass is 9.84. The average molecular weight is 159 g/mol. The second-order valence-corrected chi connectivity index (χ2v) is 2.91. The molecule has 1 aliphatic carbocycles. The van der Waals surface area contributed by atoms with Crippen molar-refractivity contribution in [3.05, 3.63) is 0 Å². The van der Waals surface area contributed by atoms with Gasteiger partial charge in [-0.15, -0.1) is 0 Å². The standard InChI is InChI=1S/C7H11O4/c8-3-4-1-5(9)7(11)6(10)2-4/h4-7,9-11H,1-2H2. The van der Waals surface area contributed by atoms with Gasteiger partial charge >= 0.3 is 0 Å². The van der Waals surface area contributed by atoms with Crippen LogP contribution in [0.2, 0.25) is 0 Å². The van der Waals surface area contributed by atoms with Crippen molar-refractivity contribution in [1.29, 1.82) is 0 Å². The maximum Gasteiger partial charge on any atom is 0.201 e. The van der Waals surface area contributed by atoms with E-state index in [-0.39, 0.29) is 12.8 Å². The predicted molar refractivity (Wildman–Crippen MR) is 36.4 cm³/mol. The summed E-state index contributed by atoms with van der Waals surface area (Å²) in [5.74, 6) is -0.441. The van der Waals surface area contributed by atoms with Gasteiger partial charge in [0.25, 0.3) is 0 Å². The minimum Gasteiger partial charge on any atom is -0.390 e. The Balaban J connectivity index is 2.54. The summed E-state index contributed by atoms with van der Waals surface area (Å²) in [5.41, 5.74) is 0. The van der Waals surface area contributed by atoms with Crippen LogP contribution in [0.4, 0.5) is 0 Å². The molecular formula is C7H11O4. The van der Waals surface area contributed by atoms with E-state index < -0.39 is 24.2 Å². The Morgan fingerprint density at radius 1 is 1.09 bits per heavy atom. The van der Waals surface area contributed by atoms with Crippen molar-refractivity contribution in [2.75, 3.05) is 0 Å². The van der Waals surface area contributed by atoms with Crippen LogP contribution in [0.3, 0.4) is 0 Å². The Kier molecular flexibility index (Phi) is 2.59. The number of aliphatic hydroxyl groups excluding tert-OH is 3. The van der Waals surface area contributed by atoms with Crippen LogP contribution >= 0.6 is 0 Å². The highest BCUT2D eigenvalue weighted by molar-refractivity contribution is 5.54. The third-order valence-electron chi connectivity index (χ3n) is 2.01. The molecule has 0 aromatic heterocycles. The summed E-state index contributed by atoms with van der Waals surface area (Å²) < 4.78 is 0. The minimum atomic E-state index is -1.11. The fraction of sp³-hybridized carbons (Fsp3) is 0.857. The van der Waals surface area contributed by atoms with Crippen molar-refractivity contribution >= 4 is 6.29 Å². The number of aliphatic hydroxyl groups is 3. The first-order chi connectivity index (χ1) is 5.15. The van der Waals surface area contributed by atoms with Crippen LogP contribution in [-0.4, -0.2) is 39.9 Å². The molecule has 0 heterocycles. The van der Waals surface area contributed by atoms with Gasteiger partial charge in [-0.05, 0) is 12.8 Å². The molecule has 0 aromatic carbocycles. The highest BCUT2D eigenvalue weighted by atomic mass is 16.4. The van der Waals surface area contributed by atoms with Crippen molar-refractivity contribution in [2.24, 2.45) is 5.92 Å². The van der Waals surface area contributed by atoms with Crippen LogP contribution < -0.4 is 0 Å². The molecule has 0 saturated heterocycles. The molecule has 2 unspecified atom stereocenters. The molecule has 0 spiro atoms. The summed E-state index contributed by atoms with van der Waals surface area (Å²) in [6, 6.07) is 0. The summed E-state index contributed by atoms with van der Waals surface area (Å²) in [7, 11) is 0. The van der Waals surface area contributed by atoms with E-state index in [1.54, 1.807) is 6.29 Å². The van der Waals surface area contributed by atoms with Gasteiger partial charge in [0.15, 0.2) is 0 Å². The fourth-order valence-electron chi connectivity index (χ4n) is 1.31. The third-order valence-corrected chi connectivity index (χ3v) is 2.01. The van der Waals surface area contributed by atoms with Crippen LogP contribution in [0.1, 0.15) is 12.8 Å². The number of hydrogen-bond donors (Lipinski definition) is 3. The molecule has 2 atom stereocenters. The van der Waals surface area contributed by atoms with E-state index in [9.17, 15) is 4.79 Å². The Morgan fingerprint density at radius 3 is 1.91 bits per heavy atom.